The fourth-order valence-corrected chi connectivity index (χ4v) is 3.38. The molecule has 1 amide bonds. The van der Waals surface area contributed by atoms with E-state index in [9.17, 15) is 4.79 Å². The van der Waals surface area contributed by atoms with Gasteiger partial charge in [-0.05, 0) is 43.5 Å². The molecule has 0 bridgehead atoms. The van der Waals surface area contributed by atoms with Gasteiger partial charge in [0.25, 0.3) is 5.91 Å². The molecule has 1 aliphatic heterocycles. The van der Waals surface area contributed by atoms with Crippen molar-refractivity contribution in [1.29, 1.82) is 0 Å². The number of carbonyl (C=O) groups is 1. The Hall–Kier alpha value is -2.47. The molecule has 0 fully saturated rings. The average Bonchev–Trinajstić information content (AvgIpc) is 2.83. The maximum atomic E-state index is 12.7. The molecule has 2 aromatic rings. The van der Waals surface area contributed by atoms with E-state index in [0.717, 1.165) is 38.2 Å². The zero-order valence-corrected chi connectivity index (χ0v) is 16.7. The second-order valence-electron chi connectivity index (χ2n) is 7.63. The number of amides is 1. The highest BCUT2D eigenvalue weighted by atomic mass is 16.2. The molecule has 0 aliphatic carbocycles. The minimum atomic E-state index is -0.00934. The van der Waals surface area contributed by atoms with E-state index in [2.05, 4.69) is 35.1 Å². The topological polar surface area (TPSA) is 61.4 Å². The number of hydrogen-bond donors (Lipinski definition) is 1. The van der Waals surface area contributed by atoms with Crippen LogP contribution in [0.25, 0.3) is 0 Å². The van der Waals surface area contributed by atoms with Gasteiger partial charge in [-0.2, -0.15) is 0 Å². The van der Waals surface area contributed by atoms with E-state index in [-0.39, 0.29) is 11.9 Å². The van der Waals surface area contributed by atoms with Gasteiger partial charge in [0.2, 0.25) is 0 Å². The third-order valence-corrected chi connectivity index (χ3v) is 4.74. The van der Waals surface area contributed by atoms with E-state index >= 15 is 0 Å². The van der Waals surface area contributed by atoms with E-state index < -0.39 is 0 Å². The molecule has 144 valence electrons. The van der Waals surface area contributed by atoms with Crippen molar-refractivity contribution >= 4 is 11.7 Å². The first-order valence-electron chi connectivity index (χ1n) is 9.56. The molecule has 0 saturated heterocycles. The third-order valence-electron chi connectivity index (χ3n) is 4.74. The Morgan fingerprint density at radius 3 is 2.74 bits per heavy atom. The van der Waals surface area contributed by atoms with Crippen molar-refractivity contribution in [1.82, 2.24) is 19.8 Å². The van der Waals surface area contributed by atoms with Crippen LogP contribution in [0.15, 0.2) is 30.6 Å². The van der Waals surface area contributed by atoms with E-state index in [1.165, 1.54) is 11.1 Å². The Morgan fingerprint density at radius 2 is 2.07 bits per heavy atom. The first-order chi connectivity index (χ1) is 12.9. The van der Waals surface area contributed by atoms with Crippen LogP contribution < -0.4 is 5.32 Å². The fourth-order valence-electron chi connectivity index (χ4n) is 3.38. The number of aromatic nitrogens is 2. The Morgan fingerprint density at radius 1 is 1.30 bits per heavy atom. The van der Waals surface area contributed by atoms with Crippen molar-refractivity contribution in [2.24, 2.45) is 0 Å². The van der Waals surface area contributed by atoms with Crippen LogP contribution >= 0.6 is 0 Å². The molecule has 3 rings (SSSR count). The van der Waals surface area contributed by atoms with Crippen LogP contribution in [0.2, 0.25) is 0 Å². The van der Waals surface area contributed by atoms with Gasteiger partial charge < -0.3 is 10.2 Å². The molecule has 1 N–H and O–H groups in total. The van der Waals surface area contributed by atoms with E-state index in [4.69, 9.17) is 4.98 Å². The van der Waals surface area contributed by atoms with Crippen LogP contribution in [0.1, 0.15) is 41.0 Å². The molecule has 0 saturated carbocycles. The van der Waals surface area contributed by atoms with Crippen LogP contribution in [0, 0.1) is 0 Å². The Bertz CT molecular complexity index is 789. The van der Waals surface area contributed by atoms with Gasteiger partial charge in [-0.25, -0.2) is 4.98 Å². The largest absolute Gasteiger partial charge is 0.367 e. The van der Waals surface area contributed by atoms with Crippen molar-refractivity contribution in [3.63, 3.8) is 0 Å². The van der Waals surface area contributed by atoms with Crippen molar-refractivity contribution in [3.8, 4) is 0 Å². The molecular weight excluding hydrogens is 338 g/mol. The lowest BCUT2D eigenvalue weighted by Crippen LogP contribution is -2.26. The number of nitrogens with zero attached hydrogens (tertiary/aromatic N) is 4. The Kier molecular flexibility index (Phi) is 6.06. The monoisotopic (exact) mass is 367 g/mol. The van der Waals surface area contributed by atoms with Gasteiger partial charge in [-0.1, -0.05) is 6.07 Å². The molecule has 0 unspecified atom stereocenters. The van der Waals surface area contributed by atoms with Gasteiger partial charge in [0, 0.05) is 64.3 Å². The summed E-state index contributed by atoms with van der Waals surface area (Å²) >= 11 is 0. The lowest BCUT2D eigenvalue weighted by atomic mass is 10.0. The summed E-state index contributed by atoms with van der Waals surface area (Å²) in [4.78, 5) is 25.8. The summed E-state index contributed by atoms with van der Waals surface area (Å²) in [5.41, 5.74) is 4.17. The maximum Gasteiger partial charge on any atom is 0.257 e. The summed E-state index contributed by atoms with van der Waals surface area (Å²) in [6, 6.07) is 6.36. The number of fused-ring (bicyclic) bond motifs is 1. The SMILES string of the molecule is CC(C)Nc1nc2c(cc1C(=O)N(C)C)CCN(Cc1cccnc1)CC2. The summed E-state index contributed by atoms with van der Waals surface area (Å²) in [7, 11) is 3.56. The smallest absolute Gasteiger partial charge is 0.257 e. The standard InChI is InChI=1S/C21H29N5O/c1-15(2)23-20-18(21(27)25(3)4)12-17-7-10-26(11-8-19(17)24-20)14-16-6-5-9-22-13-16/h5-6,9,12-13,15H,7-8,10-11,14H2,1-4H3,(H,23,24). The van der Waals surface area contributed by atoms with Crippen molar-refractivity contribution in [2.75, 3.05) is 32.5 Å². The van der Waals surface area contributed by atoms with Crippen LogP contribution in [0.3, 0.4) is 0 Å². The van der Waals surface area contributed by atoms with Gasteiger partial charge in [0.05, 0.1) is 5.56 Å². The second-order valence-corrected chi connectivity index (χ2v) is 7.63. The van der Waals surface area contributed by atoms with E-state index in [1.807, 2.05) is 18.3 Å². The van der Waals surface area contributed by atoms with Crippen LogP contribution in [-0.4, -0.2) is 58.9 Å². The molecule has 0 aromatic carbocycles. The van der Waals surface area contributed by atoms with Crippen molar-refractivity contribution in [2.45, 2.75) is 39.3 Å². The summed E-state index contributed by atoms with van der Waals surface area (Å²) in [5.74, 6) is 0.688. The van der Waals surface area contributed by atoms with E-state index in [0.29, 0.717) is 11.4 Å². The van der Waals surface area contributed by atoms with Gasteiger partial charge in [0.15, 0.2) is 0 Å². The maximum absolute atomic E-state index is 12.7. The predicted octanol–water partition coefficient (Wildman–Crippen LogP) is 2.60. The Balaban J connectivity index is 1.83. The normalized spacial score (nSPS) is 14.6. The Labute approximate surface area is 161 Å². The molecule has 6 nitrogen and oxygen atoms in total. The molecule has 27 heavy (non-hydrogen) atoms. The molecule has 0 spiro atoms. The van der Waals surface area contributed by atoms with Crippen LogP contribution in [0.4, 0.5) is 5.82 Å². The molecule has 0 radical (unpaired) electrons. The van der Waals surface area contributed by atoms with Crippen molar-refractivity contribution < 1.29 is 4.79 Å². The number of rotatable bonds is 5. The lowest BCUT2D eigenvalue weighted by Gasteiger charge is -2.19. The molecule has 6 heteroatoms. The first-order valence-corrected chi connectivity index (χ1v) is 9.56. The van der Waals surface area contributed by atoms with Crippen LogP contribution in [0.5, 0.6) is 0 Å². The molecule has 1 aliphatic rings. The fraction of sp³-hybridized carbons (Fsp3) is 0.476. The number of hydrogen-bond acceptors (Lipinski definition) is 5. The van der Waals surface area contributed by atoms with Crippen molar-refractivity contribution in [3.05, 3.63) is 53.0 Å². The minimum Gasteiger partial charge on any atom is -0.367 e. The summed E-state index contributed by atoms with van der Waals surface area (Å²) in [6.45, 7) is 6.93. The first kappa shape index (κ1) is 19.3. The molecular formula is C21H29N5O. The summed E-state index contributed by atoms with van der Waals surface area (Å²) in [6.07, 6.45) is 5.52. The summed E-state index contributed by atoms with van der Waals surface area (Å²) in [5, 5.41) is 3.35. The highest BCUT2D eigenvalue weighted by Gasteiger charge is 2.22. The predicted molar refractivity (Wildman–Crippen MR) is 108 cm³/mol. The molecule has 2 aromatic heterocycles. The van der Waals surface area contributed by atoms with E-state index in [1.54, 1.807) is 25.2 Å². The summed E-state index contributed by atoms with van der Waals surface area (Å²) < 4.78 is 0. The molecule has 3 heterocycles. The second kappa shape index (κ2) is 8.48. The highest BCUT2D eigenvalue weighted by molar-refractivity contribution is 5.98. The quantitative estimate of drug-likeness (QED) is 0.880. The number of anilines is 1. The third kappa shape index (κ3) is 4.83. The van der Waals surface area contributed by atoms with Gasteiger partial charge in [-0.15, -0.1) is 0 Å². The number of nitrogens with one attached hydrogen (secondary N) is 1. The zero-order valence-electron chi connectivity index (χ0n) is 16.7. The van der Waals surface area contributed by atoms with Gasteiger partial charge >= 0.3 is 0 Å². The lowest BCUT2D eigenvalue weighted by molar-refractivity contribution is 0.0828. The van der Waals surface area contributed by atoms with Gasteiger partial charge in [0.1, 0.15) is 5.82 Å². The van der Waals surface area contributed by atoms with Crippen LogP contribution in [-0.2, 0) is 19.4 Å². The molecule has 0 atom stereocenters. The number of carbonyl (C=O) groups excluding carboxylic acids is 1. The van der Waals surface area contributed by atoms with Gasteiger partial charge in [-0.3, -0.25) is 14.7 Å². The minimum absolute atomic E-state index is 0.00934. The number of pyridine rings is 2. The highest BCUT2D eigenvalue weighted by Crippen LogP contribution is 2.23. The zero-order chi connectivity index (χ0) is 19.4. The average molecular weight is 367 g/mol.